The molecule has 2 rings (SSSR count). The number of hydrogen-bond donors (Lipinski definition) is 0. The first-order valence-electron chi connectivity index (χ1n) is 5.99. The Kier molecular flexibility index (Phi) is 3.97. The van der Waals surface area contributed by atoms with E-state index in [1.165, 1.54) is 12.1 Å². The maximum absolute atomic E-state index is 12.5. The van der Waals surface area contributed by atoms with Crippen molar-refractivity contribution in [3.05, 3.63) is 29.8 Å². The Hall–Kier alpha value is -1.72. The molecule has 103 valence electrons. The molecule has 1 aromatic rings. The molecule has 0 fully saturated rings. The van der Waals surface area contributed by atoms with Gasteiger partial charge in [0, 0.05) is 18.8 Å². The summed E-state index contributed by atoms with van der Waals surface area (Å²) in [7, 11) is 0. The van der Waals surface area contributed by atoms with E-state index in [-0.39, 0.29) is 6.04 Å². The second-order valence-corrected chi connectivity index (χ2v) is 4.27. The molecule has 1 aliphatic rings. The fourth-order valence-corrected chi connectivity index (χ4v) is 1.91. The SMILES string of the molecule is CCN(CC1CO[C]=N1)c1ccc(C(F)(F)F)cc1. The summed E-state index contributed by atoms with van der Waals surface area (Å²) in [6, 6.07) is 5.14. The predicted octanol–water partition coefficient (Wildman–Crippen LogP) is 2.84. The largest absolute Gasteiger partial charge is 0.472 e. The standard InChI is InChI=1S/C13H14F3N2O/c1-2-18(7-11-8-19-9-17-11)12-5-3-10(4-6-12)13(14,15)16/h3-6,11H,2,7-8H2,1H3. The molecule has 1 heterocycles. The van der Waals surface area contributed by atoms with Crippen LogP contribution in [0.4, 0.5) is 18.9 Å². The Labute approximate surface area is 109 Å². The van der Waals surface area contributed by atoms with Crippen LogP contribution >= 0.6 is 0 Å². The minimum Gasteiger partial charge on any atom is -0.472 e. The summed E-state index contributed by atoms with van der Waals surface area (Å²) in [5.74, 6) is 0. The number of likely N-dealkylation sites (N-methyl/N-ethyl adjacent to an activating group) is 1. The van der Waals surface area contributed by atoms with Gasteiger partial charge in [-0.05, 0) is 31.2 Å². The highest BCUT2D eigenvalue weighted by Gasteiger charge is 2.30. The van der Waals surface area contributed by atoms with Crippen molar-refractivity contribution in [1.29, 1.82) is 0 Å². The predicted molar refractivity (Wildman–Crippen MR) is 66.5 cm³/mol. The van der Waals surface area contributed by atoms with E-state index in [0.717, 1.165) is 17.8 Å². The molecule has 0 saturated carbocycles. The van der Waals surface area contributed by atoms with Crippen molar-refractivity contribution in [1.82, 2.24) is 0 Å². The zero-order valence-electron chi connectivity index (χ0n) is 10.4. The van der Waals surface area contributed by atoms with Crippen LogP contribution in [0.25, 0.3) is 0 Å². The molecule has 0 aliphatic carbocycles. The van der Waals surface area contributed by atoms with Crippen molar-refractivity contribution in [2.45, 2.75) is 19.1 Å². The number of rotatable bonds is 4. The van der Waals surface area contributed by atoms with Gasteiger partial charge in [-0.2, -0.15) is 13.2 Å². The minimum absolute atomic E-state index is 0.0118. The van der Waals surface area contributed by atoms with Gasteiger partial charge in [-0.1, -0.05) is 0 Å². The Balaban J connectivity index is 2.08. The lowest BCUT2D eigenvalue weighted by Gasteiger charge is -2.25. The molecule has 0 aromatic heterocycles. The van der Waals surface area contributed by atoms with Gasteiger partial charge in [-0.3, -0.25) is 0 Å². The fourth-order valence-electron chi connectivity index (χ4n) is 1.91. The van der Waals surface area contributed by atoms with Crippen molar-refractivity contribution >= 4 is 12.1 Å². The van der Waals surface area contributed by atoms with Gasteiger partial charge < -0.3 is 9.64 Å². The zero-order chi connectivity index (χ0) is 13.9. The van der Waals surface area contributed by atoms with Gasteiger partial charge in [-0.15, -0.1) is 0 Å². The number of benzene rings is 1. The summed E-state index contributed by atoms with van der Waals surface area (Å²) >= 11 is 0. The van der Waals surface area contributed by atoms with E-state index in [1.54, 1.807) is 0 Å². The van der Waals surface area contributed by atoms with Gasteiger partial charge in [0.15, 0.2) is 0 Å². The van der Waals surface area contributed by atoms with Gasteiger partial charge in [0.1, 0.15) is 12.6 Å². The summed E-state index contributed by atoms with van der Waals surface area (Å²) in [4.78, 5) is 5.97. The average molecular weight is 271 g/mol. The van der Waals surface area contributed by atoms with Crippen molar-refractivity contribution in [3.63, 3.8) is 0 Å². The summed E-state index contributed by atoms with van der Waals surface area (Å²) in [6.45, 7) is 3.71. The van der Waals surface area contributed by atoms with Crippen LogP contribution in [0.15, 0.2) is 29.3 Å². The van der Waals surface area contributed by atoms with Gasteiger partial charge in [0.25, 0.3) is 6.40 Å². The third kappa shape index (κ3) is 3.39. The number of halogens is 3. The van der Waals surface area contributed by atoms with Crippen molar-refractivity contribution < 1.29 is 17.9 Å². The van der Waals surface area contributed by atoms with E-state index >= 15 is 0 Å². The number of nitrogens with zero attached hydrogens (tertiary/aromatic N) is 2. The van der Waals surface area contributed by atoms with Crippen molar-refractivity contribution in [2.75, 3.05) is 24.6 Å². The normalized spacial score (nSPS) is 18.4. The summed E-state index contributed by atoms with van der Waals surface area (Å²) < 4.78 is 42.3. The molecular weight excluding hydrogens is 257 g/mol. The smallest absolute Gasteiger partial charge is 0.416 e. The third-order valence-corrected chi connectivity index (χ3v) is 2.95. The highest BCUT2D eigenvalue weighted by atomic mass is 19.4. The van der Waals surface area contributed by atoms with Gasteiger partial charge >= 0.3 is 6.18 Å². The molecule has 6 heteroatoms. The van der Waals surface area contributed by atoms with Gasteiger partial charge in [0.05, 0.1) is 5.56 Å². The lowest BCUT2D eigenvalue weighted by atomic mass is 10.1. The molecule has 1 aromatic carbocycles. The topological polar surface area (TPSA) is 24.8 Å². The molecule has 0 bridgehead atoms. The quantitative estimate of drug-likeness (QED) is 0.841. The molecule has 1 atom stereocenters. The van der Waals surface area contributed by atoms with Gasteiger partial charge in [-0.25, -0.2) is 4.99 Å². The first kappa shape index (κ1) is 13.7. The first-order chi connectivity index (χ1) is 9.00. The Bertz CT molecular complexity index is 442. The lowest BCUT2D eigenvalue weighted by Crippen LogP contribution is -2.32. The number of ether oxygens (including phenoxy) is 1. The Morgan fingerprint density at radius 2 is 2.05 bits per heavy atom. The molecular formula is C13H14F3N2O. The second-order valence-electron chi connectivity index (χ2n) is 4.27. The van der Waals surface area contributed by atoms with Crippen molar-refractivity contribution in [2.24, 2.45) is 4.99 Å². The summed E-state index contributed by atoms with van der Waals surface area (Å²) in [6.07, 6.45) is -1.87. The van der Waals surface area contributed by atoms with Crippen LogP contribution in [-0.4, -0.2) is 32.1 Å². The molecule has 3 nitrogen and oxygen atoms in total. The highest BCUT2D eigenvalue weighted by Crippen LogP contribution is 2.30. The van der Waals surface area contributed by atoms with Crippen LogP contribution < -0.4 is 4.90 Å². The van der Waals surface area contributed by atoms with Crippen LogP contribution in [0.3, 0.4) is 0 Å². The molecule has 1 unspecified atom stereocenters. The summed E-state index contributed by atoms with van der Waals surface area (Å²) in [5.41, 5.74) is 0.112. The molecule has 0 saturated heterocycles. The second kappa shape index (κ2) is 5.50. The number of anilines is 1. The van der Waals surface area contributed by atoms with Crippen LogP contribution in [0, 0.1) is 0 Å². The molecule has 1 radical (unpaired) electrons. The molecule has 0 spiro atoms. The average Bonchev–Trinajstić information content (AvgIpc) is 2.88. The third-order valence-electron chi connectivity index (χ3n) is 2.95. The van der Waals surface area contributed by atoms with E-state index in [0.29, 0.717) is 19.7 Å². The maximum atomic E-state index is 12.5. The summed E-state index contributed by atoms with van der Waals surface area (Å²) in [5, 5.41) is 0. The molecule has 0 amide bonds. The Morgan fingerprint density at radius 3 is 2.53 bits per heavy atom. The lowest BCUT2D eigenvalue weighted by molar-refractivity contribution is -0.137. The number of aliphatic imine (C=N–C) groups is 1. The van der Waals surface area contributed by atoms with E-state index in [2.05, 4.69) is 11.4 Å². The fraction of sp³-hybridized carbons (Fsp3) is 0.462. The Morgan fingerprint density at radius 1 is 1.37 bits per heavy atom. The van der Waals surface area contributed by atoms with Crippen LogP contribution in [0.2, 0.25) is 0 Å². The number of hydrogen-bond acceptors (Lipinski definition) is 3. The van der Waals surface area contributed by atoms with E-state index in [4.69, 9.17) is 4.74 Å². The van der Waals surface area contributed by atoms with Crippen LogP contribution in [-0.2, 0) is 10.9 Å². The van der Waals surface area contributed by atoms with Crippen LogP contribution in [0.5, 0.6) is 0 Å². The first-order valence-corrected chi connectivity index (χ1v) is 5.99. The number of alkyl halides is 3. The van der Waals surface area contributed by atoms with E-state index in [9.17, 15) is 13.2 Å². The van der Waals surface area contributed by atoms with Gasteiger partial charge in [0.2, 0.25) is 0 Å². The minimum atomic E-state index is -4.30. The molecule has 19 heavy (non-hydrogen) atoms. The van der Waals surface area contributed by atoms with E-state index in [1.807, 2.05) is 11.8 Å². The molecule has 1 aliphatic heterocycles. The van der Waals surface area contributed by atoms with E-state index < -0.39 is 11.7 Å². The maximum Gasteiger partial charge on any atom is 0.416 e. The monoisotopic (exact) mass is 271 g/mol. The van der Waals surface area contributed by atoms with Crippen LogP contribution in [0.1, 0.15) is 12.5 Å². The molecule has 0 N–H and O–H groups in total. The zero-order valence-corrected chi connectivity index (χ0v) is 10.4. The van der Waals surface area contributed by atoms with Crippen molar-refractivity contribution in [3.8, 4) is 0 Å². The highest BCUT2D eigenvalue weighted by molar-refractivity contribution is 5.51.